The molecule has 0 aromatic rings. The van der Waals surface area contributed by atoms with E-state index in [0.717, 1.165) is 19.3 Å². The smallest absolute Gasteiger partial charge is 0.241 e. The molecule has 1 N–H and O–H groups in total. The largest absolute Gasteiger partial charge is 0.323 e. The molecule has 2 rings (SSSR count). The highest BCUT2D eigenvalue weighted by Gasteiger charge is 2.45. The molecule has 3 heteroatoms. The molecule has 0 aromatic carbocycles. The molecular formula is C17H32N2O. The lowest BCUT2D eigenvalue weighted by atomic mass is 9.74. The maximum absolute atomic E-state index is 12.8. The van der Waals surface area contributed by atoms with Crippen molar-refractivity contribution >= 4 is 5.91 Å². The molecule has 0 aromatic heterocycles. The minimum absolute atomic E-state index is 0.0370. The molecule has 116 valence electrons. The predicted molar refractivity (Wildman–Crippen MR) is 83.3 cm³/mol. The Morgan fingerprint density at radius 3 is 2.65 bits per heavy atom. The van der Waals surface area contributed by atoms with E-state index in [0.29, 0.717) is 23.3 Å². The minimum atomic E-state index is 0.0370. The summed E-state index contributed by atoms with van der Waals surface area (Å²) in [4.78, 5) is 15.1. The van der Waals surface area contributed by atoms with Gasteiger partial charge in [0.15, 0.2) is 0 Å². The average molecular weight is 280 g/mol. The second-order valence-corrected chi connectivity index (χ2v) is 7.61. The number of carbonyl (C=O) groups excluding carboxylic acids is 1. The highest BCUT2D eigenvalue weighted by atomic mass is 16.2. The van der Waals surface area contributed by atoms with Crippen LogP contribution in [0.3, 0.4) is 0 Å². The zero-order chi connectivity index (χ0) is 14.9. The lowest BCUT2D eigenvalue weighted by Gasteiger charge is -2.41. The van der Waals surface area contributed by atoms with Crippen LogP contribution in [0, 0.1) is 11.3 Å². The van der Waals surface area contributed by atoms with Crippen LogP contribution in [0.5, 0.6) is 0 Å². The molecule has 1 saturated heterocycles. The second kappa shape index (κ2) is 6.05. The summed E-state index contributed by atoms with van der Waals surface area (Å²) in [6, 6.07) is 0.479. The summed E-state index contributed by atoms with van der Waals surface area (Å²) in [6.07, 6.45) is 7.21. The van der Waals surface area contributed by atoms with Crippen LogP contribution < -0.4 is 5.32 Å². The van der Waals surface area contributed by atoms with Gasteiger partial charge in [0.05, 0.1) is 12.2 Å². The SMILES string of the molecule is CCC(C)C1NC(CC)N(C2CCCC(C)(C)C2)C1=O. The third kappa shape index (κ3) is 3.03. The fraction of sp³-hybridized carbons (Fsp3) is 0.941. The van der Waals surface area contributed by atoms with Gasteiger partial charge in [-0.25, -0.2) is 0 Å². The molecule has 3 nitrogen and oxygen atoms in total. The van der Waals surface area contributed by atoms with E-state index in [1.165, 1.54) is 19.3 Å². The summed E-state index contributed by atoms with van der Waals surface area (Å²) in [5.41, 5.74) is 0.385. The Hall–Kier alpha value is -0.570. The van der Waals surface area contributed by atoms with Crippen LogP contribution in [0.25, 0.3) is 0 Å². The van der Waals surface area contributed by atoms with Crippen LogP contribution in [0.15, 0.2) is 0 Å². The summed E-state index contributed by atoms with van der Waals surface area (Å²) >= 11 is 0. The Morgan fingerprint density at radius 2 is 2.10 bits per heavy atom. The molecule has 1 saturated carbocycles. The number of amides is 1. The first kappa shape index (κ1) is 15.8. The Morgan fingerprint density at radius 1 is 1.40 bits per heavy atom. The monoisotopic (exact) mass is 280 g/mol. The van der Waals surface area contributed by atoms with Gasteiger partial charge < -0.3 is 4.90 Å². The maximum Gasteiger partial charge on any atom is 0.241 e. The summed E-state index contributed by atoms with van der Waals surface area (Å²) in [5.74, 6) is 0.784. The van der Waals surface area contributed by atoms with Gasteiger partial charge in [0.2, 0.25) is 5.91 Å². The van der Waals surface area contributed by atoms with Crippen LogP contribution in [0.1, 0.15) is 73.1 Å². The Labute approximate surface area is 124 Å². The van der Waals surface area contributed by atoms with Crippen molar-refractivity contribution in [3.05, 3.63) is 0 Å². The molecule has 0 radical (unpaired) electrons. The normalized spacial score (nSPS) is 35.4. The third-order valence-electron chi connectivity index (χ3n) is 5.40. The number of carbonyl (C=O) groups is 1. The van der Waals surface area contributed by atoms with Gasteiger partial charge in [0, 0.05) is 6.04 Å². The maximum atomic E-state index is 12.8. The molecule has 20 heavy (non-hydrogen) atoms. The van der Waals surface area contributed by atoms with Crippen molar-refractivity contribution in [1.82, 2.24) is 10.2 Å². The fourth-order valence-electron chi connectivity index (χ4n) is 3.96. The lowest BCUT2D eigenvalue weighted by molar-refractivity contribution is -0.134. The first-order valence-corrected chi connectivity index (χ1v) is 8.48. The van der Waals surface area contributed by atoms with E-state index in [1.54, 1.807) is 0 Å². The molecule has 1 aliphatic heterocycles. The molecule has 1 heterocycles. The van der Waals surface area contributed by atoms with E-state index in [9.17, 15) is 4.79 Å². The van der Waals surface area contributed by atoms with Crippen molar-refractivity contribution < 1.29 is 4.79 Å². The number of nitrogens with one attached hydrogen (secondary N) is 1. The van der Waals surface area contributed by atoms with Gasteiger partial charge >= 0.3 is 0 Å². The minimum Gasteiger partial charge on any atom is -0.323 e. The van der Waals surface area contributed by atoms with Gasteiger partial charge in [-0.3, -0.25) is 10.1 Å². The van der Waals surface area contributed by atoms with Gasteiger partial charge in [0.1, 0.15) is 0 Å². The van der Waals surface area contributed by atoms with E-state index in [1.807, 2.05) is 0 Å². The lowest BCUT2D eigenvalue weighted by Crippen LogP contribution is -2.47. The van der Waals surface area contributed by atoms with Crippen LogP contribution >= 0.6 is 0 Å². The van der Waals surface area contributed by atoms with Crippen molar-refractivity contribution in [2.45, 2.75) is 91.4 Å². The summed E-state index contributed by atoms with van der Waals surface area (Å²) in [7, 11) is 0. The highest BCUT2D eigenvalue weighted by Crippen LogP contribution is 2.39. The molecule has 4 unspecified atom stereocenters. The summed E-state index contributed by atoms with van der Waals surface area (Å²) < 4.78 is 0. The van der Waals surface area contributed by atoms with Gasteiger partial charge in [-0.05, 0) is 37.0 Å². The van der Waals surface area contributed by atoms with Crippen LogP contribution in [-0.2, 0) is 4.79 Å². The predicted octanol–water partition coefficient (Wildman–Crippen LogP) is 3.54. The molecule has 0 bridgehead atoms. The Bertz CT molecular complexity index is 353. The summed E-state index contributed by atoms with van der Waals surface area (Å²) in [5, 5.41) is 3.59. The van der Waals surface area contributed by atoms with Crippen molar-refractivity contribution in [2.24, 2.45) is 11.3 Å². The Kier molecular flexibility index (Phi) is 4.78. The molecule has 0 spiro atoms. The van der Waals surface area contributed by atoms with Gasteiger partial charge in [-0.2, -0.15) is 0 Å². The average Bonchev–Trinajstić information content (AvgIpc) is 2.73. The molecular weight excluding hydrogens is 248 g/mol. The van der Waals surface area contributed by atoms with E-state index < -0.39 is 0 Å². The first-order chi connectivity index (χ1) is 9.39. The number of hydrogen-bond acceptors (Lipinski definition) is 2. The fourth-order valence-corrected chi connectivity index (χ4v) is 3.96. The third-order valence-corrected chi connectivity index (χ3v) is 5.40. The number of nitrogens with zero attached hydrogens (tertiary/aromatic N) is 1. The highest BCUT2D eigenvalue weighted by molar-refractivity contribution is 5.85. The molecule has 1 amide bonds. The van der Waals surface area contributed by atoms with E-state index in [-0.39, 0.29) is 12.2 Å². The zero-order valence-corrected chi connectivity index (χ0v) is 13.9. The van der Waals surface area contributed by atoms with Gasteiger partial charge in [0.25, 0.3) is 0 Å². The van der Waals surface area contributed by atoms with Crippen LogP contribution in [0.4, 0.5) is 0 Å². The van der Waals surface area contributed by atoms with E-state index in [4.69, 9.17) is 0 Å². The van der Waals surface area contributed by atoms with Crippen LogP contribution in [-0.4, -0.2) is 29.1 Å². The molecule has 2 fully saturated rings. The topological polar surface area (TPSA) is 32.3 Å². The zero-order valence-electron chi connectivity index (χ0n) is 13.9. The quantitative estimate of drug-likeness (QED) is 0.854. The number of rotatable bonds is 4. The summed E-state index contributed by atoms with van der Waals surface area (Å²) in [6.45, 7) is 11.2. The van der Waals surface area contributed by atoms with Crippen molar-refractivity contribution in [1.29, 1.82) is 0 Å². The van der Waals surface area contributed by atoms with E-state index in [2.05, 4.69) is 44.8 Å². The first-order valence-electron chi connectivity index (χ1n) is 8.48. The molecule has 2 aliphatic rings. The van der Waals surface area contributed by atoms with Crippen molar-refractivity contribution in [3.8, 4) is 0 Å². The second-order valence-electron chi connectivity index (χ2n) is 7.61. The van der Waals surface area contributed by atoms with Crippen LogP contribution in [0.2, 0.25) is 0 Å². The van der Waals surface area contributed by atoms with Crippen molar-refractivity contribution in [2.75, 3.05) is 0 Å². The molecule has 4 atom stereocenters. The Balaban J connectivity index is 2.14. The molecule has 1 aliphatic carbocycles. The van der Waals surface area contributed by atoms with Gasteiger partial charge in [-0.15, -0.1) is 0 Å². The standard InChI is InChI=1S/C17H32N2O/c1-6-12(3)15-16(20)19(14(7-2)18-15)13-9-8-10-17(4,5)11-13/h12-15,18H,6-11H2,1-5H3. The van der Waals surface area contributed by atoms with E-state index >= 15 is 0 Å². The van der Waals surface area contributed by atoms with Gasteiger partial charge in [-0.1, -0.05) is 47.5 Å². The van der Waals surface area contributed by atoms with Crippen molar-refractivity contribution in [3.63, 3.8) is 0 Å². The number of hydrogen-bond donors (Lipinski definition) is 1.